The van der Waals surface area contributed by atoms with Gasteiger partial charge in [-0.3, -0.25) is 0 Å². The quantitative estimate of drug-likeness (QED) is 0.363. The Balaban J connectivity index is 0.00000106. The Morgan fingerprint density at radius 1 is 0.750 bits per heavy atom. The van der Waals surface area contributed by atoms with Gasteiger partial charge in [-0.2, -0.15) is 4.57 Å². The minimum Gasteiger partial charge on any atom is -1.00 e. The first-order valence-electron chi connectivity index (χ1n) is 6.48. The number of rotatable bonds is 0. The van der Waals surface area contributed by atoms with Gasteiger partial charge in [0.1, 0.15) is 5.52 Å². The SMILES string of the molecule is [Cl-].c1cc2ccc3cc4ccc5cccc(c(c1)n23)[n+]5-4. The molecule has 0 amide bonds. The second-order valence-electron chi connectivity index (χ2n) is 5.00. The topological polar surface area (TPSA) is 8.29 Å². The second kappa shape index (κ2) is 3.84. The molecule has 3 heteroatoms. The molecule has 5 rings (SSSR count). The van der Waals surface area contributed by atoms with E-state index >= 15 is 0 Å². The van der Waals surface area contributed by atoms with Crippen LogP contribution in [0.5, 0.6) is 0 Å². The molecule has 0 aromatic carbocycles. The highest BCUT2D eigenvalue weighted by molar-refractivity contribution is 5.82. The number of hydrogen-bond acceptors (Lipinski definition) is 0. The van der Waals surface area contributed by atoms with Crippen molar-refractivity contribution in [1.82, 2.24) is 4.40 Å². The van der Waals surface area contributed by atoms with Crippen LogP contribution in [0, 0.1) is 0 Å². The lowest BCUT2D eigenvalue weighted by molar-refractivity contribution is -0.535. The molecule has 0 atom stereocenters. The Kier molecular flexibility index (Phi) is 2.21. The van der Waals surface area contributed by atoms with Gasteiger partial charge in [0.15, 0.2) is 0 Å². The molecule has 0 spiro atoms. The van der Waals surface area contributed by atoms with E-state index in [0.29, 0.717) is 0 Å². The van der Waals surface area contributed by atoms with Crippen LogP contribution in [0.4, 0.5) is 0 Å². The van der Waals surface area contributed by atoms with Crippen LogP contribution in [0.2, 0.25) is 0 Å². The lowest BCUT2D eigenvalue weighted by Gasteiger charge is -1.98. The molecule has 2 nitrogen and oxygen atoms in total. The van der Waals surface area contributed by atoms with Gasteiger partial charge in [-0.15, -0.1) is 0 Å². The largest absolute Gasteiger partial charge is 1.00 e. The molecule has 0 bridgehead atoms. The minimum absolute atomic E-state index is 0. The average molecular weight is 279 g/mol. The molecule has 0 unspecified atom stereocenters. The molecule has 2 aliphatic rings. The smallest absolute Gasteiger partial charge is 0.235 e. The van der Waals surface area contributed by atoms with E-state index in [2.05, 4.69) is 75.7 Å². The zero-order valence-electron chi connectivity index (χ0n) is 10.6. The lowest BCUT2D eigenvalue weighted by Crippen LogP contribution is -3.00. The van der Waals surface area contributed by atoms with Gasteiger partial charge in [0.25, 0.3) is 0 Å². The van der Waals surface area contributed by atoms with Crippen molar-refractivity contribution in [2.24, 2.45) is 0 Å². The second-order valence-corrected chi connectivity index (χ2v) is 5.00. The van der Waals surface area contributed by atoms with Crippen molar-refractivity contribution in [2.45, 2.75) is 0 Å². The first kappa shape index (κ1) is 11.5. The van der Waals surface area contributed by atoms with E-state index in [-0.39, 0.29) is 12.4 Å². The number of fused-ring (bicyclic) bond motifs is 1. The average Bonchev–Trinajstić information content (AvgIpc) is 3.00. The van der Waals surface area contributed by atoms with Crippen LogP contribution in [-0.2, 0) is 0 Å². The fourth-order valence-electron chi connectivity index (χ4n) is 3.16. The summed E-state index contributed by atoms with van der Waals surface area (Å²) in [5.74, 6) is 0. The van der Waals surface area contributed by atoms with E-state index in [4.69, 9.17) is 0 Å². The molecule has 0 N–H and O–H groups in total. The molecule has 0 radical (unpaired) electrons. The molecular formula is C17H11ClN2. The van der Waals surface area contributed by atoms with Crippen LogP contribution in [-0.4, -0.2) is 4.40 Å². The highest BCUT2D eigenvalue weighted by Gasteiger charge is 2.20. The fraction of sp³-hybridized carbons (Fsp3) is 0. The third-order valence-electron chi connectivity index (χ3n) is 3.96. The van der Waals surface area contributed by atoms with E-state index in [1.807, 2.05) is 0 Å². The number of aromatic nitrogens is 2. The van der Waals surface area contributed by atoms with Crippen LogP contribution < -0.4 is 17.0 Å². The molecule has 20 heavy (non-hydrogen) atoms. The first-order valence-corrected chi connectivity index (χ1v) is 6.48. The summed E-state index contributed by atoms with van der Waals surface area (Å²) in [6.07, 6.45) is 0. The maximum absolute atomic E-state index is 2.32. The van der Waals surface area contributed by atoms with Gasteiger partial charge in [0.2, 0.25) is 16.7 Å². The van der Waals surface area contributed by atoms with Crippen molar-refractivity contribution >= 4 is 27.6 Å². The van der Waals surface area contributed by atoms with Crippen molar-refractivity contribution in [3.8, 4) is 5.69 Å². The van der Waals surface area contributed by atoms with E-state index < -0.39 is 0 Å². The van der Waals surface area contributed by atoms with Gasteiger partial charge in [-0.1, -0.05) is 6.07 Å². The standard InChI is InChI=1S/C17H11N2.ClH/c1-3-12-7-9-14-11-15-10-8-13-4-2-6-17(19(13)15)16(5-1)18(12)14;/h1-11H;1H/q+1;/p-1. The van der Waals surface area contributed by atoms with Crippen LogP contribution in [0.25, 0.3) is 33.3 Å². The predicted molar refractivity (Wildman–Crippen MR) is 76.3 cm³/mol. The van der Waals surface area contributed by atoms with Crippen LogP contribution in [0.1, 0.15) is 0 Å². The van der Waals surface area contributed by atoms with Crippen molar-refractivity contribution < 1.29 is 17.0 Å². The summed E-state index contributed by atoms with van der Waals surface area (Å²) in [7, 11) is 0. The maximum atomic E-state index is 2.32. The minimum atomic E-state index is 0. The molecule has 3 aromatic heterocycles. The van der Waals surface area contributed by atoms with E-state index in [1.165, 1.54) is 33.3 Å². The normalized spacial score (nSPS) is 11.6. The number of halogens is 1. The molecule has 0 fully saturated rings. The molecule has 3 aromatic rings. The molecule has 96 valence electrons. The first-order chi connectivity index (χ1) is 9.42. The third kappa shape index (κ3) is 1.27. The molecule has 0 saturated carbocycles. The summed E-state index contributed by atoms with van der Waals surface area (Å²) < 4.78 is 4.64. The van der Waals surface area contributed by atoms with Crippen LogP contribution >= 0.6 is 0 Å². The van der Waals surface area contributed by atoms with Gasteiger partial charge in [-0.25, -0.2) is 0 Å². The Morgan fingerprint density at radius 3 is 2.55 bits per heavy atom. The molecule has 2 aliphatic heterocycles. The molecule has 0 saturated heterocycles. The molecule has 0 aliphatic carbocycles. The zero-order valence-corrected chi connectivity index (χ0v) is 11.4. The zero-order chi connectivity index (χ0) is 12.4. The van der Waals surface area contributed by atoms with Crippen molar-refractivity contribution in [3.05, 3.63) is 66.7 Å². The summed E-state index contributed by atoms with van der Waals surface area (Å²) >= 11 is 0. The van der Waals surface area contributed by atoms with Crippen LogP contribution in [0.3, 0.4) is 0 Å². The van der Waals surface area contributed by atoms with Gasteiger partial charge < -0.3 is 16.8 Å². The predicted octanol–water partition coefficient (Wildman–Crippen LogP) is 0.402. The fourth-order valence-corrected chi connectivity index (χ4v) is 3.16. The lowest BCUT2D eigenvalue weighted by atomic mass is 10.3. The van der Waals surface area contributed by atoms with Crippen LogP contribution in [0.15, 0.2) is 66.7 Å². The van der Waals surface area contributed by atoms with E-state index in [1.54, 1.807) is 0 Å². The van der Waals surface area contributed by atoms with Gasteiger partial charge in [0.05, 0.1) is 5.52 Å². The Morgan fingerprint density at radius 2 is 1.60 bits per heavy atom. The Hall–Kier alpha value is -2.32. The molecular weight excluding hydrogens is 268 g/mol. The van der Waals surface area contributed by atoms with Crippen molar-refractivity contribution in [3.63, 3.8) is 0 Å². The van der Waals surface area contributed by atoms with Gasteiger partial charge in [-0.05, 0) is 30.3 Å². The Labute approximate surface area is 122 Å². The third-order valence-corrected chi connectivity index (χ3v) is 3.96. The van der Waals surface area contributed by atoms with Gasteiger partial charge in [0, 0.05) is 35.8 Å². The van der Waals surface area contributed by atoms with E-state index in [9.17, 15) is 0 Å². The van der Waals surface area contributed by atoms with Crippen molar-refractivity contribution in [1.29, 1.82) is 0 Å². The Bertz CT molecular complexity index is 1020. The number of nitrogens with zero attached hydrogens (tertiary/aromatic N) is 2. The number of hydrogen-bond donors (Lipinski definition) is 0. The maximum Gasteiger partial charge on any atom is 0.235 e. The monoisotopic (exact) mass is 278 g/mol. The summed E-state index contributed by atoms with van der Waals surface area (Å²) in [6.45, 7) is 0. The highest BCUT2D eigenvalue weighted by atomic mass is 35.5. The van der Waals surface area contributed by atoms with Gasteiger partial charge >= 0.3 is 0 Å². The summed E-state index contributed by atoms with van der Waals surface area (Å²) in [5.41, 5.74) is 7.45. The number of pyridine rings is 2. The summed E-state index contributed by atoms with van der Waals surface area (Å²) in [5, 5.41) is 0. The van der Waals surface area contributed by atoms with Crippen molar-refractivity contribution in [2.75, 3.05) is 0 Å². The molecule has 5 heterocycles. The highest BCUT2D eigenvalue weighted by Crippen LogP contribution is 2.23. The summed E-state index contributed by atoms with van der Waals surface area (Å²) in [6, 6.07) is 23.9. The summed E-state index contributed by atoms with van der Waals surface area (Å²) in [4.78, 5) is 0. The van der Waals surface area contributed by atoms with E-state index in [0.717, 1.165) is 0 Å².